The Balaban J connectivity index is 1.50. The van der Waals surface area contributed by atoms with E-state index in [-0.39, 0.29) is 17.6 Å². The van der Waals surface area contributed by atoms with E-state index in [4.69, 9.17) is 4.52 Å². The van der Waals surface area contributed by atoms with Gasteiger partial charge in [0.1, 0.15) is 0 Å². The topological polar surface area (TPSA) is 126 Å². The number of rotatable bonds is 6. The average Bonchev–Trinajstić information content (AvgIpc) is 3.10. The second-order valence-corrected chi connectivity index (χ2v) is 6.06. The van der Waals surface area contributed by atoms with Crippen LogP contribution in [0.5, 0.6) is 0 Å². The lowest BCUT2D eigenvalue weighted by Crippen LogP contribution is -2.44. The van der Waals surface area contributed by atoms with Crippen LogP contribution in [0.1, 0.15) is 28.1 Å². The Morgan fingerprint density at radius 3 is 2.92 bits per heavy atom. The lowest BCUT2D eigenvalue weighted by molar-refractivity contribution is -0.384. The van der Waals surface area contributed by atoms with E-state index in [0.29, 0.717) is 30.2 Å². The van der Waals surface area contributed by atoms with Crippen molar-refractivity contribution in [3.05, 3.63) is 51.7 Å². The van der Waals surface area contributed by atoms with Crippen LogP contribution in [-0.2, 0) is 6.42 Å². The highest BCUT2D eigenvalue weighted by Gasteiger charge is 2.25. The third-order valence-electron chi connectivity index (χ3n) is 4.26. The minimum Gasteiger partial charge on any atom is -0.352 e. The van der Waals surface area contributed by atoms with Crippen molar-refractivity contribution < 1.29 is 14.2 Å². The minimum absolute atomic E-state index is 0.0536. The summed E-state index contributed by atoms with van der Waals surface area (Å²) in [6.45, 7) is 2.95. The van der Waals surface area contributed by atoms with Gasteiger partial charge in [0, 0.05) is 50.3 Å². The zero-order valence-corrected chi connectivity index (χ0v) is 14.3. The number of nitrogens with one attached hydrogen (secondary N) is 2. The van der Waals surface area contributed by atoms with Crippen LogP contribution in [0, 0.1) is 10.1 Å². The Morgan fingerprint density at radius 1 is 1.46 bits per heavy atom. The first-order chi connectivity index (χ1) is 12.5. The zero-order chi connectivity index (χ0) is 18.5. The fourth-order valence-electron chi connectivity index (χ4n) is 2.72. The molecule has 0 aliphatic carbocycles. The normalized spacial score (nSPS) is 17.8. The number of likely N-dealkylation sites (N-methyl/N-ethyl adjacent to an activating group) is 1. The Labute approximate surface area is 149 Å². The lowest BCUT2D eigenvalue weighted by atomic mass is 10.2. The zero-order valence-electron chi connectivity index (χ0n) is 14.3. The van der Waals surface area contributed by atoms with E-state index in [9.17, 15) is 14.9 Å². The Morgan fingerprint density at radius 2 is 2.23 bits per heavy atom. The highest BCUT2D eigenvalue weighted by Crippen LogP contribution is 2.17. The van der Waals surface area contributed by atoms with Crippen molar-refractivity contribution in [2.75, 3.05) is 33.2 Å². The first kappa shape index (κ1) is 18.0. The van der Waals surface area contributed by atoms with Gasteiger partial charge in [0.05, 0.1) is 11.0 Å². The highest BCUT2D eigenvalue weighted by atomic mass is 16.6. The molecule has 2 heterocycles. The molecular formula is C16H20N6O4. The summed E-state index contributed by atoms with van der Waals surface area (Å²) in [5.41, 5.74) is 0.304. The summed E-state index contributed by atoms with van der Waals surface area (Å²) < 4.78 is 5.25. The van der Waals surface area contributed by atoms with Gasteiger partial charge in [-0.05, 0) is 19.2 Å². The predicted molar refractivity (Wildman–Crippen MR) is 91.7 cm³/mol. The van der Waals surface area contributed by atoms with E-state index in [1.807, 2.05) is 7.05 Å². The average molecular weight is 360 g/mol. The van der Waals surface area contributed by atoms with Gasteiger partial charge in [-0.1, -0.05) is 5.16 Å². The molecule has 26 heavy (non-hydrogen) atoms. The molecule has 1 aromatic heterocycles. The van der Waals surface area contributed by atoms with Crippen molar-refractivity contribution in [2.45, 2.75) is 12.5 Å². The highest BCUT2D eigenvalue weighted by molar-refractivity contribution is 5.94. The van der Waals surface area contributed by atoms with Gasteiger partial charge in [0.25, 0.3) is 11.6 Å². The van der Waals surface area contributed by atoms with Crippen LogP contribution in [0.3, 0.4) is 0 Å². The molecule has 0 saturated carbocycles. The summed E-state index contributed by atoms with van der Waals surface area (Å²) >= 11 is 0. The monoisotopic (exact) mass is 360 g/mol. The van der Waals surface area contributed by atoms with Gasteiger partial charge in [0.2, 0.25) is 5.89 Å². The number of amides is 1. The second kappa shape index (κ2) is 8.02. The molecule has 1 amide bonds. The van der Waals surface area contributed by atoms with Crippen LogP contribution in [0.25, 0.3) is 0 Å². The van der Waals surface area contributed by atoms with Gasteiger partial charge in [-0.25, -0.2) is 0 Å². The number of nitro benzene ring substituents is 1. The number of aromatic nitrogens is 2. The van der Waals surface area contributed by atoms with Crippen molar-refractivity contribution in [3.63, 3.8) is 0 Å². The predicted octanol–water partition coefficient (Wildman–Crippen LogP) is 0.526. The molecule has 1 aliphatic rings. The van der Waals surface area contributed by atoms with Gasteiger partial charge in [-0.3, -0.25) is 19.8 Å². The van der Waals surface area contributed by atoms with Crippen LogP contribution >= 0.6 is 0 Å². The molecule has 2 aromatic rings. The third kappa shape index (κ3) is 4.21. The maximum absolute atomic E-state index is 12.0. The number of nitrogens with zero attached hydrogens (tertiary/aromatic N) is 4. The van der Waals surface area contributed by atoms with E-state index < -0.39 is 4.92 Å². The fourth-order valence-corrected chi connectivity index (χ4v) is 2.72. The summed E-state index contributed by atoms with van der Waals surface area (Å²) in [6, 6.07) is 5.52. The van der Waals surface area contributed by atoms with E-state index in [2.05, 4.69) is 25.7 Å². The third-order valence-corrected chi connectivity index (χ3v) is 4.26. The molecule has 1 aliphatic heterocycles. The Bertz CT molecular complexity index is 775. The smallest absolute Gasteiger partial charge is 0.269 e. The largest absolute Gasteiger partial charge is 0.352 e. The van der Waals surface area contributed by atoms with Gasteiger partial charge in [0.15, 0.2) is 5.82 Å². The van der Waals surface area contributed by atoms with Gasteiger partial charge in [-0.15, -0.1) is 0 Å². The number of carbonyl (C=O) groups is 1. The summed E-state index contributed by atoms with van der Waals surface area (Å²) in [5.74, 6) is 0.787. The molecule has 3 rings (SSSR count). The van der Waals surface area contributed by atoms with Crippen molar-refractivity contribution >= 4 is 11.6 Å². The number of piperazine rings is 1. The maximum Gasteiger partial charge on any atom is 0.269 e. The summed E-state index contributed by atoms with van der Waals surface area (Å²) in [7, 11) is 2.02. The van der Waals surface area contributed by atoms with Crippen molar-refractivity contribution in [1.82, 2.24) is 25.7 Å². The molecule has 1 fully saturated rings. The quantitative estimate of drug-likeness (QED) is 0.564. The SMILES string of the molecule is CN1CCNCC1c1noc(CCNC(=O)c2ccc([N+](=O)[O-])cc2)n1. The van der Waals surface area contributed by atoms with Crippen LogP contribution in [0.4, 0.5) is 5.69 Å². The minimum atomic E-state index is -0.506. The molecular weight excluding hydrogens is 340 g/mol. The van der Waals surface area contributed by atoms with Crippen LogP contribution in [-0.4, -0.2) is 59.1 Å². The standard InChI is InChI=1S/C16H20N6O4/c1-21-9-8-17-10-13(21)15-19-14(26-20-15)6-7-18-16(23)11-2-4-12(5-3-11)22(24)25/h2-5,13,17H,6-10H2,1H3,(H,18,23). The number of hydrogen-bond acceptors (Lipinski definition) is 8. The number of carbonyl (C=O) groups excluding carboxylic acids is 1. The van der Waals surface area contributed by atoms with Gasteiger partial charge >= 0.3 is 0 Å². The first-order valence-corrected chi connectivity index (χ1v) is 8.30. The molecule has 0 spiro atoms. The number of nitro groups is 1. The number of hydrogen-bond donors (Lipinski definition) is 2. The molecule has 2 N–H and O–H groups in total. The molecule has 10 heteroatoms. The van der Waals surface area contributed by atoms with Crippen LogP contribution < -0.4 is 10.6 Å². The summed E-state index contributed by atoms with van der Waals surface area (Å²) in [4.78, 5) is 28.7. The van der Waals surface area contributed by atoms with Gasteiger partial charge in [-0.2, -0.15) is 4.98 Å². The van der Waals surface area contributed by atoms with Crippen molar-refractivity contribution in [2.24, 2.45) is 0 Å². The Kier molecular flexibility index (Phi) is 5.54. The lowest BCUT2D eigenvalue weighted by Gasteiger charge is -2.30. The second-order valence-electron chi connectivity index (χ2n) is 6.06. The van der Waals surface area contributed by atoms with Crippen molar-refractivity contribution in [1.29, 1.82) is 0 Å². The van der Waals surface area contributed by atoms with E-state index in [0.717, 1.165) is 19.6 Å². The van der Waals surface area contributed by atoms with E-state index >= 15 is 0 Å². The van der Waals surface area contributed by atoms with Crippen LogP contribution in [0.2, 0.25) is 0 Å². The molecule has 1 atom stereocenters. The summed E-state index contributed by atoms with van der Waals surface area (Å²) in [5, 5.41) is 20.7. The molecule has 1 aromatic carbocycles. The number of benzene rings is 1. The molecule has 0 bridgehead atoms. The van der Waals surface area contributed by atoms with E-state index in [1.165, 1.54) is 24.3 Å². The molecule has 138 valence electrons. The maximum atomic E-state index is 12.0. The van der Waals surface area contributed by atoms with Gasteiger partial charge < -0.3 is 15.2 Å². The Hall–Kier alpha value is -2.85. The number of non-ortho nitro benzene ring substituents is 1. The van der Waals surface area contributed by atoms with E-state index in [1.54, 1.807) is 0 Å². The fraction of sp³-hybridized carbons (Fsp3) is 0.438. The molecule has 1 unspecified atom stereocenters. The van der Waals surface area contributed by atoms with Crippen LogP contribution in [0.15, 0.2) is 28.8 Å². The molecule has 1 saturated heterocycles. The van der Waals surface area contributed by atoms with Crippen molar-refractivity contribution in [3.8, 4) is 0 Å². The molecule has 10 nitrogen and oxygen atoms in total. The summed E-state index contributed by atoms with van der Waals surface area (Å²) in [6.07, 6.45) is 0.412. The first-order valence-electron chi connectivity index (χ1n) is 8.30. The molecule has 0 radical (unpaired) electrons.